The molecule has 0 aromatic rings. The van der Waals surface area contributed by atoms with E-state index in [2.05, 4.69) is 19.0 Å². The summed E-state index contributed by atoms with van der Waals surface area (Å²) in [5.41, 5.74) is 6.88. The molecule has 1 unspecified atom stereocenters. The molecule has 2 N–H and O–H groups in total. The summed E-state index contributed by atoms with van der Waals surface area (Å²) in [5.74, 6) is 0. The van der Waals surface area contributed by atoms with Gasteiger partial charge in [-0.15, -0.1) is 0 Å². The van der Waals surface area contributed by atoms with Crippen molar-refractivity contribution in [1.29, 1.82) is 0 Å². The Labute approximate surface area is 62.7 Å². The molecule has 1 rings (SSSR count). The predicted octanol–water partition coefficient (Wildman–Crippen LogP) is 0.943. The normalized spacial score (nSPS) is 30.3. The van der Waals surface area contributed by atoms with Crippen LogP contribution < -0.4 is 5.73 Å². The lowest BCUT2D eigenvalue weighted by molar-refractivity contribution is 0.335. The molecule has 0 aliphatic heterocycles. The first-order chi connectivity index (χ1) is 4.75. The summed E-state index contributed by atoms with van der Waals surface area (Å²) in [7, 11) is 4.22. The molecular formula is C8H16N2. The SMILES string of the molecule is CN(C)C1CCC/C1=C/N. The largest absolute Gasteiger partial charge is 0.405 e. The fourth-order valence-corrected chi connectivity index (χ4v) is 1.64. The minimum atomic E-state index is 0.616. The lowest BCUT2D eigenvalue weighted by Crippen LogP contribution is -2.26. The molecule has 1 fully saturated rings. The number of nitrogens with zero attached hydrogens (tertiary/aromatic N) is 1. The first-order valence-electron chi connectivity index (χ1n) is 3.83. The molecule has 0 radical (unpaired) electrons. The van der Waals surface area contributed by atoms with Crippen molar-refractivity contribution in [2.45, 2.75) is 25.3 Å². The Morgan fingerprint density at radius 1 is 1.60 bits per heavy atom. The molecule has 2 heteroatoms. The van der Waals surface area contributed by atoms with Crippen LogP contribution in [0.5, 0.6) is 0 Å². The van der Waals surface area contributed by atoms with E-state index in [0.717, 1.165) is 0 Å². The Bertz CT molecular complexity index is 138. The minimum absolute atomic E-state index is 0.616. The van der Waals surface area contributed by atoms with Crippen molar-refractivity contribution < 1.29 is 0 Å². The van der Waals surface area contributed by atoms with Gasteiger partial charge in [0.25, 0.3) is 0 Å². The van der Waals surface area contributed by atoms with Crippen LogP contribution >= 0.6 is 0 Å². The summed E-state index contributed by atoms with van der Waals surface area (Å²) in [4.78, 5) is 2.24. The average molecular weight is 140 g/mol. The van der Waals surface area contributed by atoms with Crippen molar-refractivity contribution in [2.75, 3.05) is 14.1 Å². The van der Waals surface area contributed by atoms with Gasteiger partial charge < -0.3 is 10.6 Å². The second-order valence-corrected chi connectivity index (χ2v) is 3.11. The van der Waals surface area contributed by atoms with Crippen LogP contribution in [0.15, 0.2) is 11.8 Å². The van der Waals surface area contributed by atoms with Gasteiger partial charge in [0.05, 0.1) is 0 Å². The van der Waals surface area contributed by atoms with E-state index in [1.165, 1.54) is 24.8 Å². The Balaban J connectivity index is 2.59. The van der Waals surface area contributed by atoms with E-state index in [4.69, 9.17) is 5.73 Å². The van der Waals surface area contributed by atoms with Gasteiger partial charge in [-0.3, -0.25) is 0 Å². The van der Waals surface area contributed by atoms with Crippen LogP contribution in [-0.2, 0) is 0 Å². The van der Waals surface area contributed by atoms with Crippen LogP contribution in [0.25, 0.3) is 0 Å². The second kappa shape index (κ2) is 3.06. The van der Waals surface area contributed by atoms with Gasteiger partial charge in [0.2, 0.25) is 0 Å². The third kappa shape index (κ3) is 1.32. The van der Waals surface area contributed by atoms with Crippen molar-refractivity contribution in [3.05, 3.63) is 11.8 Å². The highest BCUT2D eigenvalue weighted by Gasteiger charge is 2.21. The molecule has 1 saturated carbocycles. The molecule has 0 heterocycles. The summed E-state index contributed by atoms with van der Waals surface area (Å²) < 4.78 is 0. The molecule has 0 aromatic heterocycles. The van der Waals surface area contributed by atoms with Crippen molar-refractivity contribution in [3.63, 3.8) is 0 Å². The third-order valence-electron chi connectivity index (χ3n) is 2.21. The first-order valence-corrected chi connectivity index (χ1v) is 3.83. The third-order valence-corrected chi connectivity index (χ3v) is 2.21. The minimum Gasteiger partial charge on any atom is -0.405 e. The highest BCUT2D eigenvalue weighted by molar-refractivity contribution is 5.13. The maximum atomic E-state index is 5.47. The Hall–Kier alpha value is -0.500. The summed E-state index contributed by atoms with van der Waals surface area (Å²) in [5, 5.41) is 0. The van der Waals surface area contributed by atoms with E-state index >= 15 is 0 Å². The topological polar surface area (TPSA) is 29.3 Å². The number of likely N-dealkylation sites (N-methyl/N-ethyl adjacent to an activating group) is 1. The van der Waals surface area contributed by atoms with Gasteiger partial charge in [0.15, 0.2) is 0 Å². The van der Waals surface area contributed by atoms with Gasteiger partial charge in [-0.1, -0.05) is 0 Å². The number of rotatable bonds is 1. The van der Waals surface area contributed by atoms with Crippen LogP contribution in [0.4, 0.5) is 0 Å². The van der Waals surface area contributed by atoms with Gasteiger partial charge >= 0.3 is 0 Å². The zero-order valence-corrected chi connectivity index (χ0v) is 6.80. The number of hydrogen-bond donors (Lipinski definition) is 1. The van der Waals surface area contributed by atoms with Crippen molar-refractivity contribution >= 4 is 0 Å². The molecule has 0 bridgehead atoms. The molecule has 2 nitrogen and oxygen atoms in total. The summed E-state index contributed by atoms with van der Waals surface area (Å²) in [6.07, 6.45) is 5.54. The predicted molar refractivity (Wildman–Crippen MR) is 43.6 cm³/mol. The maximum absolute atomic E-state index is 5.47. The van der Waals surface area contributed by atoms with Gasteiger partial charge in [0, 0.05) is 6.04 Å². The Morgan fingerprint density at radius 3 is 2.70 bits per heavy atom. The number of hydrogen-bond acceptors (Lipinski definition) is 2. The fourth-order valence-electron chi connectivity index (χ4n) is 1.64. The Morgan fingerprint density at radius 2 is 2.30 bits per heavy atom. The zero-order valence-electron chi connectivity index (χ0n) is 6.80. The van der Waals surface area contributed by atoms with Crippen LogP contribution in [0.2, 0.25) is 0 Å². The van der Waals surface area contributed by atoms with E-state index in [0.29, 0.717) is 6.04 Å². The van der Waals surface area contributed by atoms with Crippen LogP contribution in [0.1, 0.15) is 19.3 Å². The first kappa shape index (κ1) is 7.61. The van der Waals surface area contributed by atoms with Crippen molar-refractivity contribution in [1.82, 2.24) is 4.90 Å². The van der Waals surface area contributed by atoms with Gasteiger partial charge in [0.1, 0.15) is 0 Å². The quantitative estimate of drug-likeness (QED) is 0.587. The monoisotopic (exact) mass is 140 g/mol. The summed E-state index contributed by atoms with van der Waals surface area (Å²) >= 11 is 0. The maximum Gasteiger partial charge on any atom is 0.0318 e. The summed E-state index contributed by atoms with van der Waals surface area (Å²) in [6, 6.07) is 0.616. The molecule has 10 heavy (non-hydrogen) atoms. The lowest BCUT2D eigenvalue weighted by atomic mass is 10.1. The number of nitrogens with two attached hydrogens (primary N) is 1. The molecule has 1 aliphatic carbocycles. The van der Waals surface area contributed by atoms with Crippen LogP contribution in [-0.4, -0.2) is 25.0 Å². The van der Waals surface area contributed by atoms with E-state index in [9.17, 15) is 0 Å². The molecule has 1 atom stereocenters. The van der Waals surface area contributed by atoms with Gasteiger partial charge in [-0.05, 0) is 45.1 Å². The molecule has 0 aromatic carbocycles. The Kier molecular flexibility index (Phi) is 2.33. The van der Waals surface area contributed by atoms with Crippen molar-refractivity contribution in [3.8, 4) is 0 Å². The molecule has 58 valence electrons. The molecule has 0 spiro atoms. The van der Waals surface area contributed by atoms with E-state index in [-0.39, 0.29) is 0 Å². The highest BCUT2D eigenvalue weighted by atomic mass is 15.1. The van der Waals surface area contributed by atoms with Crippen molar-refractivity contribution in [2.24, 2.45) is 5.73 Å². The van der Waals surface area contributed by atoms with Gasteiger partial charge in [-0.2, -0.15) is 0 Å². The summed E-state index contributed by atoms with van der Waals surface area (Å²) in [6.45, 7) is 0. The van der Waals surface area contributed by atoms with E-state index < -0.39 is 0 Å². The van der Waals surface area contributed by atoms with E-state index in [1.807, 2.05) is 0 Å². The zero-order chi connectivity index (χ0) is 7.56. The molecular weight excluding hydrogens is 124 g/mol. The second-order valence-electron chi connectivity index (χ2n) is 3.11. The lowest BCUT2D eigenvalue weighted by Gasteiger charge is -2.19. The average Bonchev–Trinajstić information content (AvgIpc) is 2.33. The fraction of sp³-hybridized carbons (Fsp3) is 0.750. The van der Waals surface area contributed by atoms with Crippen LogP contribution in [0.3, 0.4) is 0 Å². The van der Waals surface area contributed by atoms with E-state index in [1.54, 1.807) is 6.20 Å². The standard InChI is InChI=1S/C8H16N2/c1-10(2)8-5-3-4-7(8)6-9/h6,8H,3-5,9H2,1-2H3/b7-6-. The molecule has 0 amide bonds. The molecule has 1 aliphatic rings. The van der Waals surface area contributed by atoms with Crippen LogP contribution in [0, 0.1) is 0 Å². The van der Waals surface area contributed by atoms with Gasteiger partial charge in [-0.25, -0.2) is 0 Å². The highest BCUT2D eigenvalue weighted by Crippen LogP contribution is 2.26. The smallest absolute Gasteiger partial charge is 0.0318 e. The molecule has 0 saturated heterocycles.